The molecule has 0 aliphatic heterocycles. The first kappa shape index (κ1) is 25.6. The molecule has 1 nitrogen and oxygen atoms in total. The Labute approximate surface area is 248 Å². The number of nitrogens with zero attached hydrogens (tertiary/aromatic N) is 1. The molecule has 0 aromatic heterocycles. The van der Waals surface area contributed by atoms with Crippen LogP contribution in [0.5, 0.6) is 0 Å². The highest BCUT2D eigenvalue weighted by molar-refractivity contribution is 6.01. The molecule has 7 aromatic rings. The Bertz CT molecular complexity index is 1960. The zero-order valence-electron chi connectivity index (χ0n) is 23.6. The molecule has 0 saturated carbocycles. The molecule has 7 aromatic carbocycles. The van der Waals surface area contributed by atoms with Crippen LogP contribution in [-0.2, 0) is 0 Å². The van der Waals surface area contributed by atoms with Crippen LogP contribution in [0.2, 0.25) is 0 Å². The maximum atomic E-state index is 2.40. The predicted octanol–water partition coefficient (Wildman–Crippen LogP) is 11.6. The number of benzene rings is 7. The number of hydrogen-bond acceptors (Lipinski definition) is 1. The van der Waals surface area contributed by atoms with Crippen LogP contribution in [-0.4, -0.2) is 0 Å². The summed E-state index contributed by atoms with van der Waals surface area (Å²) in [6, 6.07) is 61.0. The molecule has 0 unspecified atom stereocenters. The maximum Gasteiger partial charge on any atom is 0.0540 e. The van der Waals surface area contributed by atoms with E-state index in [1.165, 1.54) is 49.7 Å². The molecule has 0 amide bonds. The van der Waals surface area contributed by atoms with Gasteiger partial charge in [0.1, 0.15) is 0 Å². The minimum absolute atomic E-state index is 1.12. The van der Waals surface area contributed by atoms with Gasteiger partial charge in [0.2, 0.25) is 0 Å². The number of hydrogen-bond donors (Lipinski definition) is 0. The topological polar surface area (TPSA) is 3.24 Å². The normalized spacial score (nSPS) is 11.0. The maximum absolute atomic E-state index is 2.40. The van der Waals surface area contributed by atoms with Gasteiger partial charge in [0.25, 0.3) is 0 Å². The summed E-state index contributed by atoms with van der Waals surface area (Å²) in [7, 11) is 0. The SMILES string of the molecule is Cc1ccccc1-c1ccc(-c2ccccc2N(c2ccc(-c3ccccc3)cc2)c2cccc3ccccc23)cc1. The number of fused-ring (bicyclic) bond motifs is 1. The molecular weight excluding hydrogens is 506 g/mol. The van der Waals surface area contributed by atoms with E-state index in [-0.39, 0.29) is 0 Å². The van der Waals surface area contributed by atoms with Crippen molar-refractivity contribution in [3.63, 3.8) is 0 Å². The van der Waals surface area contributed by atoms with Gasteiger partial charge in [0, 0.05) is 16.6 Å². The van der Waals surface area contributed by atoms with Crippen LogP contribution >= 0.6 is 0 Å². The van der Waals surface area contributed by atoms with E-state index < -0.39 is 0 Å². The second kappa shape index (κ2) is 11.2. The van der Waals surface area contributed by atoms with Gasteiger partial charge in [-0.05, 0) is 70.0 Å². The summed E-state index contributed by atoms with van der Waals surface area (Å²) in [5.74, 6) is 0. The number of rotatable bonds is 6. The standard InChI is InChI=1S/C41H31N/c1-30-12-5-7-17-37(30)34-22-24-35(25-23-34)39-19-9-10-20-40(39)42(41-21-11-16-33-15-6-8-18-38(33)41)36-28-26-32(27-29-36)31-13-3-2-4-14-31/h2-29H,1H3. The first-order valence-corrected chi connectivity index (χ1v) is 14.5. The van der Waals surface area contributed by atoms with Gasteiger partial charge in [-0.25, -0.2) is 0 Å². The van der Waals surface area contributed by atoms with Crippen LogP contribution in [0, 0.1) is 6.92 Å². The van der Waals surface area contributed by atoms with Crippen LogP contribution in [0.4, 0.5) is 17.1 Å². The Morgan fingerprint density at radius 1 is 0.357 bits per heavy atom. The fourth-order valence-electron chi connectivity index (χ4n) is 5.88. The fourth-order valence-corrected chi connectivity index (χ4v) is 5.88. The van der Waals surface area contributed by atoms with Gasteiger partial charge < -0.3 is 4.90 Å². The van der Waals surface area contributed by atoms with Crippen molar-refractivity contribution in [3.05, 3.63) is 175 Å². The Morgan fingerprint density at radius 3 is 1.64 bits per heavy atom. The lowest BCUT2D eigenvalue weighted by molar-refractivity contribution is 1.30. The number of para-hydroxylation sites is 1. The minimum atomic E-state index is 1.12. The molecule has 1 heteroatoms. The lowest BCUT2D eigenvalue weighted by atomic mass is 9.96. The molecule has 0 aliphatic carbocycles. The molecule has 0 spiro atoms. The summed E-state index contributed by atoms with van der Waals surface area (Å²) < 4.78 is 0. The van der Waals surface area contributed by atoms with Crippen molar-refractivity contribution < 1.29 is 0 Å². The summed E-state index contributed by atoms with van der Waals surface area (Å²) in [5.41, 5.74) is 12.0. The van der Waals surface area contributed by atoms with Crippen molar-refractivity contribution in [1.82, 2.24) is 0 Å². The van der Waals surface area contributed by atoms with E-state index in [9.17, 15) is 0 Å². The van der Waals surface area contributed by atoms with Crippen LogP contribution in [0.3, 0.4) is 0 Å². The largest absolute Gasteiger partial charge is 0.309 e. The van der Waals surface area contributed by atoms with E-state index in [0.29, 0.717) is 0 Å². The van der Waals surface area contributed by atoms with Crippen molar-refractivity contribution in [3.8, 4) is 33.4 Å². The Kier molecular flexibility index (Phi) is 6.84. The first-order chi connectivity index (χ1) is 20.8. The zero-order chi connectivity index (χ0) is 28.3. The summed E-state index contributed by atoms with van der Waals surface area (Å²) >= 11 is 0. The molecule has 0 bridgehead atoms. The molecule has 0 heterocycles. The van der Waals surface area contributed by atoms with E-state index in [0.717, 1.165) is 17.1 Å². The third-order valence-electron chi connectivity index (χ3n) is 8.04. The smallest absolute Gasteiger partial charge is 0.0540 e. The van der Waals surface area contributed by atoms with E-state index in [1.807, 2.05) is 0 Å². The van der Waals surface area contributed by atoms with Crippen molar-refractivity contribution >= 4 is 27.8 Å². The molecule has 42 heavy (non-hydrogen) atoms. The van der Waals surface area contributed by atoms with Gasteiger partial charge in [-0.1, -0.05) is 146 Å². The van der Waals surface area contributed by atoms with Crippen LogP contribution < -0.4 is 4.90 Å². The summed E-state index contributed by atoms with van der Waals surface area (Å²) in [4.78, 5) is 2.40. The van der Waals surface area contributed by atoms with Gasteiger partial charge in [-0.15, -0.1) is 0 Å². The number of aryl methyl sites for hydroxylation is 1. The summed E-state index contributed by atoms with van der Waals surface area (Å²) in [6.07, 6.45) is 0. The summed E-state index contributed by atoms with van der Waals surface area (Å²) in [5, 5.41) is 2.44. The third kappa shape index (κ3) is 4.87. The number of anilines is 3. The summed E-state index contributed by atoms with van der Waals surface area (Å²) in [6.45, 7) is 2.17. The first-order valence-electron chi connectivity index (χ1n) is 14.5. The Morgan fingerprint density at radius 2 is 0.881 bits per heavy atom. The minimum Gasteiger partial charge on any atom is -0.309 e. The highest BCUT2D eigenvalue weighted by Crippen LogP contribution is 2.44. The average molecular weight is 538 g/mol. The van der Waals surface area contributed by atoms with Gasteiger partial charge in [0.15, 0.2) is 0 Å². The van der Waals surface area contributed by atoms with E-state index >= 15 is 0 Å². The lowest BCUT2D eigenvalue weighted by Gasteiger charge is -2.29. The second-order valence-electron chi connectivity index (χ2n) is 10.7. The van der Waals surface area contributed by atoms with Gasteiger partial charge in [-0.3, -0.25) is 0 Å². The second-order valence-corrected chi connectivity index (χ2v) is 10.7. The molecule has 0 fully saturated rings. The molecule has 7 rings (SSSR count). The van der Waals surface area contributed by atoms with Crippen molar-refractivity contribution in [1.29, 1.82) is 0 Å². The predicted molar refractivity (Wildman–Crippen MR) is 180 cm³/mol. The molecular formula is C41H31N. The quantitative estimate of drug-likeness (QED) is 0.204. The highest BCUT2D eigenvalue weighted by Gasteiger charge is 2.19. The molecule has 0 saturated heterocycles. The van der Waals surface area contributed by atoms with Gasteiger partial charge >= 0.3 is 0 Å². The molecule has 0 N–H and O–H groups in total. The Hall–Kier alpha value is -5.40. The van der Waals surface area contributed by atoms with Crippen LogP contribution in [0.25, 0.3) is 44.2 Å². The average Bonchev–Trinajstić information content (AvgIpc) is 3.06. The molecule has 200 valence electrons. The van der Waals surface area contributed by atoms with Gasteiger partial charge in [0.05, 0.1) is 11.4 Å². The van der Waals surface area contributed by atoms with Crippen LogP contribution in [0.15, 0.2) is 170 Å². The molecule has 0 atom stereocenters. The fraction of sp³-hybridized carbons (Fsp3) is 0.0244. The Balaban J connectivity index is 1.38. The zero-order valence-corrected chi connectivity index (χ0v) is 23.6. The van der Waals surface area contributed by atoms with Gasteiger partial charge in [-0.2, -0.15) is 0 Å². The van der Waals surface area contributed by atoms with E-state index in [2.05, 4.69) is 182 Å². The van der Waals surface area contributed by atoms with E-state index in [4.69, 9.17) is 0 Å². The molecule has 0 aliphatic rings. The third-order valence-corrected chi connectivity index (χ3v) is 8.04. The van der Waals surface area contributed by atoms with E-state index in [1.54, 1.807) is 0 Å². The highest BCUT2D eigenvalue weighted by atomic mass is 15.1. The molecule has 0 radical (unpaired) electrons. The van der Waals surface area contributed by atoms with Crippen molar-refractivity contribution in [2.45, 2.75) is 6.92 Å². The lowest BCUT2D eigenvalue weighted by Crippen LogP contribution is -2.11. The monoisotopic (exact) mass is 537 g/mol. The van der Waals surface area contributed by atoms with Crippen molar-refractivity contribution in [2.24, 2.45) is 0 Å². The van der Waals surface area contributed by atoms with Crippen LogP contribution in [0.1, 0.15) is 5.56 Å². The van der Waals surface area contributed by atoms with Crippen molar-refractivity contribution in [2.75, 3.05) is 4.90 Å².